The van der Waals surface area contributed by atoms with Gasteiger partial charge in [0, 0.05) is 37.5 Å². The van der Waals surface area contributed by atoms with Crippen LogP contribution in [0.2, 0.25) is 10.0 Å². The van der Waals surface area contributed by atoms with Crippen LogP contribution >= 0.6 is 23.2 Å². The third kappa shape index (κ3) is 6.13. The van der Waals surface area contributed by atoms with Crippen molar-refractivity contribution in [2.75, 3.05) is 33.4 Å². The van der Waals surface area contributed by atoms with Crippen molar-refractivity contribution < 1.29 is 14.4 Å². The number of benzene rings is 1. The number of phenolic OH excluding ortho intramolecular Hbond substituents is 1. The van der Waals surface area contributed by atoms with E-state index in [2.05, 4.69) is 4.90 Å². The average Bonchev–Trinajstić information content (AvgIpc) is 2.61. The van der Waals surface area contributed by atoms with E-state index in [9.17, 15) is 9.66 Å². The average molecular weight is 437 g/mol. The molecule has 3 N–H and O–H groups in total. The van der Waals surface area contributed by atoms with Gasteiger partial charge in [0.1, 0.15) is 10.5 Å². The molecule has 0 aliphatic carbocycles. The van der Waals surface area contributed by atoms with Gasteiger partial charge in [-0.25, -0.2) is 0 Å². The molecule has 2 unspecified atom stereocenters. The van der Waals surface area contributed by atoms with Crippen LogP contribution in [0.3, 0.4) is 0 Å². The molecule has 0 aromatic heterocycles. The van der Waals surface area contributed by atoms with E-state index in [1.54, 1.807) is 13.2 Å². The van der Waals surface area contributed by atoms with Crippen LogP contribution in [-0.4, -0.2) is 52.7 Å². The maximum atomic E-state index is 12.0. The van der Waals surface area contributed by atoms with E-state index in [1.807, 2.05) is 13.8 Å². The number of nitrogens with two attached hydrogens (primary N) is 1. The molecule has 1 aromatic carbocycles. The number of halogens is 2. The van der Waals surface area contributed by atoms with Crippen LogP contribution in [0.1, 0.15) is 44.6 Å². The van der Waals surface area contributed by atoms with Crippen molar-refractivity contribution >= 4 is 34.6 Å². The van der Waals surface area contributed by atoms with Gasteiger partial charge in [0.15, 0.2) is 0 Å². The molecule has 1 aliphatic heterocycles. The summed E-state index contributed by atoms with van der Waals surface area (Å²) in [6, 6.07) is 3.24. The summed E-state index contributed by atoms with van der Waals surface area (Å²) in [5.74, 6) is 0.483. The predicted octanol–water partition coefficient (Wildman–Crippen LogP) is 3.93. The Hall–Kier alpha value is -0.210. The first-order valence-electron chi connectivity index (χ1n) is 9.21. The zero-order chi connectivity index (χ0) is 20.2. The molecule has 5 nitrogen and oxygen atoms in total. The van der Waals surface area contributed by atoms with Crippen molar-refractivity contribution in [2.24, 2.45) is 11.1 Å². The SMILES string of the molecule is COCCN1CCC(C(CC(C)(C)[S+](N)[O-])c2cc(Cl)c(Cl)cc2O)CC1. The number of rotatable bonds is 8. The molecule has 1 heterocycles. The van der Waals surface area contributed by atoms with Gasteiger partial charge in [-0.3, -0.25) is 0 Å². The largest absolute Gasteiger partial charge is 0.598 e. The Morgan fingerprint density at radius 3 is 2.48 bits per heavy atom. The molecule has 27 heavy (non-hydrogen) atoms. The van der Waals surface area contributed by atoms with Crippen molar-refractivity contribution in [1.82, 2.24) is 4.90 Å². The van der Waals surface area contributed by atoms with Gasteiger partial charge in [0.2, 0.25) is 0 Å². The number of nitrogens with zero attached hydrogens (tertiary/aromatic N) is 1. The normalized spacial score (nSPS) is 19.2. The highest BCUT2D eigenvalue weighted by molar-refractivity contribution is 7.90. The number of hydrogen-bond acceptors (Lipinski definition) is 5. The summed E-state index contributed by atoms with van der Waals surface area (Å²) in [6.07, 6.45) is 2.58. The molecular formula is C19H30Cl2N2O3S. The van der Waals surface area contributed by atoms with Crippen LogP contribution in [0, 0.1) is 5.92 Å². The highest BCUT2D eigenvalue weighted by atomic mass is 35.5. The minimum atomic E-state index is -1.47. The number of piperidine rings is 1. The van der Waals surface area contributed by atoms with Gasteiger partial charge in [-0.15, -0.1) is 0 Å². The van der Waals surface area contributed by atoms with E-state index in [1.165, 1.54) is 6.07 Å². The van der Waals surface area contributed by atoms with Gasteiger partial charge in [-0.1, -0.05) is 23.2 Å². The smallest absolute Gasteiger partial charge is 0.140 e. The Kier molecular flexibility index (Phi) is 8.55. The first-order valence-corrected chi connectivity index (χ1v) is 11.2. The number of hydrogen-bond donors (Lipinski definition) is 2. The predicted molar refractivity (Wildman–Crippen MR) is 113 cm³/mol. The second kappa shape index (κ2) is 10.0. The number of ether oxygens (including phenoxy) is 1. The van der Waals surface area contributed by atoms with Crippen molar-refractivity contribution in [3.05, 3.63) is 27.7 Å². The lowest BCUT2D eigenvalue weighted by Crippen LogP contribution is -2.42. The van der Waals surface area contributed by atoms with Crippen LogP contribution in [0.25, 0.3) is 0 Å². The highest BCUT2D eigenvalue weighted by Gasteiger charge is 2.39. The summed E-state index contributed by atoms with van der Waals surface area (Å²) in [5.41, 5.74) is 0.762. The minimum absolute atomic E-state index is 0.00634. The fraction of sp³-hybridized carbons (Fsp3) is 0.684. The molecule has 1 aromatic rings. The molecule has 1 fully saturated rings. The molecular weight excluding hydrogens is 407 g/mol. The lowest BCUT2D eigenvalue weighted by molar-refractivity contribution is 0.112. The molecule has 8 heteroatoms. The van der Waals surface area contributed by atoms with E-state index in [-0.39, 0.29) is 11.7 Å². The Balaban J connectivity index is 2.25. The number of likely N-dealkylation sites (tertiary alicyclic amines) is 1. The van der Waals surface area contributed by atoms with Gasteiger partial charge in [0.25, 0.3) is 0 Å². The molecule has 2 rings (SSSR count). The Bertz CT molecular complexity index is 623. The van der Waals surface area contributed by atoms with Crippen LogP contribution in [0.5, 0.6) is 5.75 Å². The van der Waals surface area contributed by atoms with E-state index < -0.39 is 16.1 Å². The van der Waals surface area contributed by atoms with Crippen LogP contribution < -0.4 is 5.14 Å². The summed E-state index contributed by atoms with van der Waals surface area (Å²) in [5, 5.41) is 17.0. The molecule has 1 aliphatic rings. The number of aromatic hydroxyl groups is 1. The number of methoxy groups -OCH3 is 1. The summed E-state index contributed by atoms with van der Waals surface area (Å²) in [4.78, 5) is 2.39. The summed E-state index contributed by atoms with van der Waals surface area (Å²) in [6.45, 7) is 7.39. The fourth-order valence-corrected chi connectivity index (χ4v) is 4.46. The lowest BCUT2D eigenvalue weighted by atomic mass is 9.75. The molecule has 0 radical (unpaired) electrons. The third-order valence-corrected chi connectivity index (χ3v) is 7.52. The van der Waals surface area contributed by atoms with Crippen LogP contribution in [0.15, 0.2) is 12.1 Å². The molecule has 0 saturated carbocycles. The second-order valence-electron chi connectivity index (χ2n) is 7.86. The molecule has 0 amide bonds. The van der Waals surface area contributed by atoms with Crippen LogP contribution in [-0.2, 0) is 16.1 Å². The van der Waals surface area contributed by atoms with Gasteiger partial charge in [-0.05, 0) is 63.2 Å². The van der Waals surface area contributed by atoms with Crippen molar-refractivity contribution in [3.8, 4) is 5.75 Å². The van der Waals surface area contributed by atoms with Crippen LogP contribution in [0.4, 0.5) is 0 Å². The van der Waals surface area contributed by atoms with Gasteiger partial charge in [0.05, 0.1) is 16.7 Å². The summed E-state index contributed by atoms with van der Waals surface area (Å²) in [7, 11) is 1.71. The Morgan fingerprint density at radius 1 is 1.33 bits per heavy atom. The highest BCUT2D eigenvalue weighted by Crippen LogP contribution is 2.45. The Labute approximate surface area is 175 Å². The zero-order valence-electron chi connectivity index (χ0n) is 16.2. The van der Waals surface area contributed by atoms with Gasteiger partial charge in [-0.2, -0.15) is 5.14 Å². The second-order valence-corrected chi connectivity index (χ2v) is 10.4. The topological polar surface area (TPSA) is 81.8 Å². The first kappa shape index (κ1) is 23.1. The number of phenols is 1. The molecule has 1 saturated heterocycles. The standard InChI is InChI=1S/C19H30Cl2N2O3S/c1-19(2,27(22)25)12-15(14-10-16(20)17(21)11-18(14)24)13-4-6-23(7-5-13)8-9-26-3/h10-11,13,15,24H,4-9,12,22H2,1-3H3. The minimum Gasteiger partial charge on any atom is -0.598 e. The lowest BCUT2D eigenvalue weighted by Gasteiger charge is -2.39. The molecule has 0 spiro atoms. The molecule has 154 valence electrons. The van der Waals surface area contributed by atoms with E-state index in [0.717, 1.165) is 44.6 Å². The van der Waals surface area contributed by atoms with Crippen molar-refractivity contribution in [2.45, 2.75) is 43.8 Å². The maximum absolute atomic E-state index is 12.0. The molecule has 0 bridgehead atoms. The van der Waals surface area contributed by atoms with Gasteiger partial charge >= 0.3 is 0 Å². The quantitative estimate of drug-likeness (QED) is 0.603. The van der Waals surface area contributed by atoms with E-state index in [4.69, 9.17) is 33.1 Å². The first-order chi connectivity index (χ1) is 12.7. The molecule has 2 atom stereocenters. The summed E-state index contributed by atoms with van der Waals surface area (Å²) < 4.78 is 16.6. The maximum Gasteiger partial charge on any atom is 0.140 e. The van der Waals surface area contributed by atoms with Gasteiger partial charge < -0.3 is 19.3 Å². The zero-order valence-corrected chi connectivity index (χ0v) is 18.5. The van der Waals surface area contributed by atoms with E-state index >= 15 is 0 Å². The summed E-state index contributed by atoms with van der Waals surface area (Å²) >= 11 is 10.8. The van der Waals surface area contributed by atoms with Crippen molar-refractivity contribution in [3.63, 3.8) is 0 Å². The third-order valence-electron chi connectivity index (χ3n) is 5.54. The fourth-order valence-electron chi connectivity index (χ4n) is 3.79. The van der Waals surface area contributed by atoms with E-state index in [0.29, 0.717) is 22.4 Å². The van der Waals surface area contributed by atoms with Crippen molar-refractivity contribution in [1.29, 1.82) is 0 Å². The Morgan fingerprint density at radius 2 is 1.93 bits per heavy atom. The monoisotopic (exact) mass is 436 g/mol.